The van der Waals surface area contributed by atoms with Crippen molar-refractivity contribution in [2.75, 3.05) is 0 Å². The topological polar surface area (TPSA) is 61.1 Å². The number of carboxylic acid groups (broad SMARTS) is 1. The summed E-state index contributed by atoms with van der Waals surface area (Å²) >= 11 is 0. The molecule has 0 heterocycles. The lowest BCUT2D eigenvalue weighted by Crippen LogP contribution is -2.31. The van der Waals surface area contributed by atoms with Crippen LogP contribution >= 0.6 is 0 Å². The van der Waals surface area contributed by atoms with Crippen LogP contribution < -0.4 is 0 Å². The van der Waals surface area contributed by atoms with Crippen LogP contribution in [0.1, 0.15) is 20.8 Å². The fourth-order valence-corrected chi connectivity index (χ4v) is 0.424. The molecule has 0 saturated carbocycles. The van der Waals surface area contributed by atoms with Crippen LogP contribution in [-0.2, 0) is 4.79 Å². The third kappa shape index (κ3) is 1.27. The number of hydrogen-bond acceptors (Lipinski definition) is 2. The Labute approximate surface area is 60.3 Å². The molecule has 0 amide bonds. The van der Waals surface area contributed by atoms with Gasteiger partial charge in [0.05, 0.1) is 6.07 Å². The zero-order valence-corrected chi connectivity index (χ0v) is 6.38. The number of hydrogen-bond donors (Lipinski definition) is 1. The monoisotopic (exact) mass is 141 g/mol. The average Bonchev–Trinajstić information content (AvgIpc) is 1.85. The Morgan fingerprint density at radius 3 is 2.10 bits per heavy atom. The van der Waals surface area contributed by atoms with Gasteiger partial charge in [-0.2, -0.15) is 5.26 Å². The van der Waals surface area contributed by atoms with Crippen molar-refractivity contribution in [1.82, 2.24) is 0 Å². The highest BCUT2D eigenvalue weighted by Gasteiger charge is 2.36. The molecule has 0 unspecified atom stereocenters. The number of carbonyl (C=O) groups is 1. The van der Waals surface area contributed by atoms with E-state index in [4.69, 9.17) is 10.4 Å². The van der Waals surface area contributed by atoms with Crippen molar-refractivity contribution in [3.63, 3.8) is 0 Å². The number of rotatable bonds is 2. The maximum absolute atomic E-state index is 10.5. The van der Waals surface area contributed by atoms with E-state index in [9.17, 15) is 4.79 Å². The van der Waals surface area contributed by atoms with E-state index in [-0.39, 0.29) is 5.92 Å². The summed E-state index contributed by atoms with van der Waals surface area (Å²) in [6.45, 7) is 4.87. The highest BCUT2D eigenvalue weighted by Crippen LogP contribution is 2.25. The molecule has 0 aliphatic carbocycles. The van der Waals surface area contributed by atoms with E-state index in [0.717, 1.165) is 0 Å². The van der Waals surface area contributed by atoms with Gasteiger partial charge in [-0.3, -0.25) is 4.79 Å². The minimum Gasteiger partial charge on any atom is -0.480 e. The molecule has 56 valence electrons. The number of nitrogens with zero attached hydrogens (tertiary/aromatic N) is 1. The molecular weight excluding hydrogens is 130 g/mol. The van der Waals surface area contributed by atoms with Gasteiger partial charge in [0.2, 0.25) is 0 Å². The highest BCUT2D eigenvalue weighted by molar-refractivity contribution is 5.77. The van der Waals surface area contributed by atoms with E-state index in [0.29, 0.717) is 0 Å². The summed E-state index contributed by atoms with van der Waals surface area (Å²) in [6.07, 6.45) is 0. The first-order chi connectivity index (χ1) is 4.45. The van der Waals surface area contributed by atoms with Crippen molar-refractivity contribution >= 4 is 5.97 Å². The first-order valence-corrected chi connectivity index (χ1v) is 3.09. The summed E-state index contributed by atoms with van der Waals surface area (Å²) in [5.74, 6) is -1.21. The minimum absolute atomic E-state index is 0.157. The van der Waals surface area contributed by atoms with Gasteiger partial charge in [-0.1, -0.05) is 13.8 Å². The van der Waals surface area contributed by atoms with Gasteiger partial charge >= 0.3 is 5.97 Å². The Morgan fingerprint density at radius 2 is 2.10 bits per heavy atom. The standard InChI is InChI=1S/C7H11NO2/c1-5(2)7(3,4-8)6(9)10/h5H,1-3H3,(H,9,10)/t7-/m0/s1. The molecule has 0 bridgehead atoms. The second-order valence-electron chi connectivity index (χ2n) is 2.77. The molecule has 10 heavy (non-hydrogen) atoms. The number of aliphatic carboxylic acids is 1. The Bertz CT molecular complexity index is 181. The average molecular weight is 141 g/mol. The van der Waals surface area contributed by atoms with Gasteiger partial charge in [0.15, 0.2) is 5.41 Å². The van der Waals surface area contributed by atoms with Gasteiger partial charge in [0.1, 0.15) is 0 Å². The molecule has 1 atom stereocenters. The van der Waals surface area contributed by atoms with E-state index in [1.165, 1.54) is 6.92 Å². The molecule has 1 N–H and O–H groups in total. The maximum atomic E-state index is 10.5. The molecule has 0 saturated heterocycles. The fraction of sp³-hybridized carbons (Fsp3) is 0.714. The summed E-state index contributed by atoms with van der Waals surface area (Å²) in [4.78, 5) is 10.5. The van der Waals surface area contributed by atoms with E-state index in [2.05, 4.69) is 0 Å². The third-order valence-electron chi connectivity index (χ3n) is 1.83. The van der Waals surface area contributed by atoms with Crippen LogP contribution in [0.3, 0.4) is 0 Å². The molecule has 0 aromatic rings. The highest BCUT2D eigenvalue weighted by atomic mass is 16.4. The minimum atomic E-state index is -1.24. The first kappa shape index (κ1) is 8.96. The molecule has 0 aromatic heterocycles. The summed E-state index contributed by atoms with van der Waals surface area (Å²) in [5, 5.41) is 17.1. The fourth-order valence-electron chi connectivity index (χ4n) is 0.424. The van der Waals surface area contributed by atoms with Crippen LogP contribution in [0.25, 0.3) is 0 Å². The van der Waals surface area contributed by atoms with E-state index in [1.54, 1.807) is 19.9 Å². The summed E-state index contributed by atoms with van der Waals surface area (Å²) in [5.41, 5.74) is -1.24. The van der Waals surface area contributed by atoms with Gasteiger partial charge in [-0.25, -0.2) is 0 Å². The van der Waals surface area contributed by atoms with Crippen LogP contribution in [-0.4, -0.2) is 11.1 Å². The van der Waals surface area contributed by atoms with Crippen molar-refractivity contribution in [3.05, 3.63) is 0 Å². The Morgan fingerprint density at radius 1 is 1.70 bits per heavy atom. The van der Waals surface area contributed by atoms with Crippen molar-refractivity contribution < 1.29 is 9.90 Å². The van der Waals surface area contributed by atoms with Gasteiger partial charge in [-0.05, 0) is 12.8 Å². The summed E-state index contributed by atoms with van der Waals surface area (Å²) in [7, 11) is 0. The molecule has 3 heteroatoms. The van der Waals surface area contributed by atoms with Gasteiger partial charge in [0.25, 0.3) is 0 Å². The van der Waals surface area contributed by atoms with Crippen LogP contribution in [0.15, 0.2) is 0 Å². The Hall–Kier alpha value is -1.04. The van der Waals surface area contributed by atoms with Gasteiger partial charge in [-0.15, -0.1) is 0 Å². The maximum Gasteiger partial charge on any atom is 0.324 e. The van der Waals surface area contributed by atoms with Gasteiger partial charge < -0.3 is 5.11 Å². The zero-order valence-electron chi connectivity index (χ0n) is 6.38. The normalized spacial score (nSPS) is 15.9. The molecule has 0 aliphatic rings. The first-order valence-electron chi connectivity index (χ1n) is 3.09. The second kappa shape index (κ2) is 2.70. The Kier molecular flexibility index (Phi) is 2.42. The quantitative estimate of drug-likeness (QED) is 0.629. The largest absolute Gasteiger partial charge is 0.480 e. The molecular formula is C7H11NO2. The van der Waals surface area contributed by atoms with E-state index < -0.39 is 11.4 Å². The molecule has 0 rings (SSSR count). The lowest BCUT2D eigenvalue weighted by atomic mass is 9.81. The lowest BCUT2D eigenvalue weighted by Gasteiger charge is -2.19. The van der Waals surface area contributed by atoms with Crippen molar-refractivity contribution in [2.24, 2.45) is 11.3 Å². The predicted molar refractivity (Wildman–Crippen MR) is 36.2 cm³/mol. The van der Waals surface area contributed by atoms with Crippen molar-refractivity contribution in [3.8, 4) is 6.07 Å². The van der Waals surface area contributed by atoms with Crippen LogP contribution in [0.5, 0.6) is 0 Å². The molecule has 3 nitrogen and oxygen atoms in total. The van der Waals surface area contributed by atoms with Crippen LogP contribution in [0.4, 0.5) is 0 Å². The summed E-state index contributed by atoms with van der Waals surface area (Å²) in [6, 6.07) is 1.78. The third-order valence-corrected chi connectivity index (χ3v) is 1.83. The van der Waals surface area contributed by atoms with E-state index in [1.807, 2.05) is 0 Å². The van der Waals surface area contributed by atoms with Crippen molar-refractivity contribution in [2.45, 2.75) is 20.8 Å². The smallest absolute Gasteiger partial charge is 0.324 e. The molecule has 0 fully saturated rings. The number of carboxylic acids is 1. The van der Waals surface area contributed by atoms with E-state index >= 15 is 0 Å². The van der Waals surface area contributed by atoms with Crippen LogP contribution in [0, 0.1) is 22.7 Å². The predicted octanol–water partition coefficient (Wildman–Crippen LogP) is 1.26. The summed E-state index contributed by atoms with van der Waals surface area (Å²) < 4.78 is 0. The number of nitriles is 1. The zero-order chi connectivity index (χ0) is 8.36. The molecule has 0 spiro atoms. The molecule has 0 aromatic carbocycles. The molecule has 0 radical (unpaired) electrons. The van der Waals surface area contributed by atoms with Gasteiger partial charge in [0, 0.05) is 0 Å². The SMILES string of the molecule is CC(C)[C@](C)(C#N)C(=O)O. The van der Waals surface area contributed by atoms with Crippen LogP contribution in [0.2, 0.25) is 0 Å². The Balaban J connectivity index is 4.60. The molecule has 0 aliphatic heterocycles. The van der Waals surface area contributed by atoms with Crippen molar-refractivity contribution in [1.29, 1.82) is 5.26 Å². The second-order valence-corrected chi connectivity index (χ2v) is 2.77. The lowest BCUT2D eigenvalue weighted by molar-refractivity contribution is -0.146.